The molecule has 5 nitrogen and oxygen atoms in total. The maximum absolute atomic E-state index is 12.1. The van der Waals surface area contributed by atoms with Crippen LogP contribution in [0.25, 0.3) is 0 Å². The highest BCUT2D eigenvalue weighted by Gasteiger charge is 2.37. The van der Waals surface area contributed by atoms with Crippen LogP contribution in [0.15, 0.2) is 0 Å². The van der Waals surface area contributed by atoms with Crippen molar-refractivity contribution in [1.82, 2.24) is 10.6 Å². The van der Waals surface area contributed by atoms with E-state index in [1.807, 2.05) is 0 Å². The van der Waals surface area contributed by atoms with Gasteiger partial charge < -0.3 is 15.7 Å². The van der Waals surface area contributed by atoms with Crippen molar-refractivity contribution in [2.45, 2.75) is 75.8 Å². The number of carboxylic acid groups (broad SMARTS) is 1. The molecule has 1 saturated carbocycles. The van der Waals surface area contributed by atoms with Crippen LogP contribution < -0.4 is 10.6 Å². The topological polar surface area (TPSA) is 78.4 Å². The van der Waals surface area contributed by atoms with E-state index < -0.39 is 11.5 Å². The predicted molar refractivity (Wildman–Crippen MR) is 76.5 cm³/mol. The van der Waals surface area contributed by atoms with Crippen LogP contribution in [0.3, 0.4) is 0 Å². The maximum Gasteiger partial charge on any atom is 0.305 e. The van der Waals surface area contributed by atoms with E-state index in [9.17, 15) is 9.59 Å². The summed E-state index contributed by atoms with van der Waals surface area (Å²) in [7, 11) is 0. The molecule has 0 spiro atoms. The Morgan fingerprint density at radius 1 is 1.20 bits per heavy atom. The van der Waals surface area contributed by atoms with E-state index >= 15 is 0 Å². The van der Waals surface area contributed by atoms with Gasteiger partial charge in [0.05, 0.1) is 12.0 Å². The minimum absolute atomic E-state index is 0.0144. The van der Waals surface area contributed by atoms with Gasteiger partial charge in [0, 0.05) is 12.5 Å². The first-order chi connectivity index (χ1) is 9.60. The number of carbonyl (C=O) groups is 2. The molecule has 2 fully saturated rings. The number of carbonyl (C=O) groups excluding carboxylic acids is 1. The van der Waals surface area contributed by atoms with Gasteiger partial charge in [-0.2, -0.15) is 0 Å². The van der Waals surface area contributed by atoms with Crippen LogP contribution >= 0.6 is 0 Å². The molecule has 1 unspecified atom stereocenters. The van der Waals surface area contributed by atoms with Gasteiger partial charge in [-0.3, -0.25) is 9.59 Å². The Balaban J connectivity index is 1.77. The van der Waals surface area contributed by atoms with Crippen molar-refractivity contribution in [3.8, 4) is 0 Å². The molecule has 1 heterocycles. The van der Waals surface area contributed by atoms with Crippen LogP contribution in [0, 0.1) is 0 Å². The Labute approximate surface area is 120 Å². The largest absolute Gasteiger partial charge is 0.481 e. The van der Waals surface area contributed by atoms with Gasteiger partial charge in [-0.15, -0.1) is 0 Å². The smallest absolute Gasteiger partial charge is 0.305 e. The van der Waals surface area contributed by atoms with Gasteiger partial charge in [-0.25, -0.2) is 0 Å². The van der Waals surface area contributed by atoms with E-state index in [1.165, 1.54) is 12.8 Å². The number of rotatable bonds is 6. The van der Waals surface area contributed by atoms with Gasteiger partial charge in [0.2, 0.25) is 5.91 Å². The molecule has 20 heavy (non-hydrogen) atoms. The maximum atomic E-state index is 12.1. The van der Waals surface area contributed by atoms with Crippen LogP contribution in [0.5, 0.6) is 0 Å². The van der Waals surface area contributed by atoms with Crippen LogP contribution in [0.4, 0.5) is 0 Å². The average Bonchev–Trinajstić information content (AvgIpc) is 2.85. The first-order valence-corrected chi connectivity index (χ1v) is 7.86. The molecule has 0 aromatic rings. The molecule has 1 atom stereocenters. The van der Waals surface area contributed by atoms with Gasteiger partial charge in [0.15, 0.2) is 0 Å². The molecule has 2 aliphatic rings. The van der Waals surface area contributed by atoms with Crippen molar-refractivity contribution in [2.75, 3.05) is 6.54 Å². The molecule has 0 aromatic heterocycles. The lowest BCUT2D eigenvalue weighted by atomic mass is 9.92. The highest BCUT2D eigenvalue weighted by molar-refractivity contribution is 5.78. The second-order valence-electron chi connectivity index (χ2n) is 6.29. The van der Waals surface area contributed by atoms with Crippen molar-refractivity contribution in [3.63, 3.8) is 0 Å². The van der Waals surface area contributed by atoms with Crippen LogP contribution in [-0.2, 0) is 9.59 Å². The summed E-state index contributed by atoms with van der Waals surface area (Å²) >= 11 is 0. The van der Waals surface area contributed by atoms with Crippen molar-refractivity contribution in [2.24, 2.45) is 0 Å². The summed E-state index contributed by atoms with van der Waals surface area (Å²) in [6, 6.07) is 0.452. The molecule has 0 aromatic carbocycles. The highest BCUT2D eigenvalue weighted by Crippen LogP contribution is 2.32. The summed E-state index contributed by atoms with van der Waals surface area (Å²) in [5, 5.41) is 15.5. The fourth-order valence-corrected chi connectivity index (χ4v) is 3.52. The first kappa shape index (κ1) is 15.3. The summed E-state index contributed by atoms with van der Waals surface area (Å²) in [5.41, 5.74) is -0.483. The quantitative estimate of drug-likeness (QED) is 0.694. The monoisotopic (exact) mass is 282 g/mol. The fourth-order valence-electron chi connectivity index (χ4n) is 3.52. The van der Waals surface area contributed by atoms with Crippen molar-refractivity contribution in [3.05, 3.63) is 0 Å². The Morgan fingerprint density at radius 2 is 1.95 bits per heavy atom. The standard InChI is InChI=1S/C15H26N2O3/c18-13(7-6-12-5-1-4-10-16-12)17-15(11-14(19)20)8-2-3-9-15/h12,16H,1-11H2,(H,17,18)(H,19,20). The summed E-state index contributed by atoms with van der Waals surface area (Å²) in [5.74, 6) is -0.804. The van der Waals surface area contributed by atoms with E-state index in [0.717, 1.165) is 45.1 Å². The van der Waals surface area contributed by atoms with E-state index in [1.54, 1.807) is 0 Å². The Hall–Kier alpha value is -1.10. The van der Waals surface area contributed by atoms with E-state index in [0.29, 0.717) is 12.5 Å². The Kier molecular flexibility index (Phi) is 5.40. The second-order valence-corrected chi connectivity index (χ2v) is 6.29. The molecule has 1 aliphatic carbocycles. The van der Waals surface area contributed by atoms with Crippen LogP contribution in [0.2, 0.25) is 0 Å². The zero-order chi connectivity index (χ0) is 14.4. The third-order valence-corrected chi connectivity index (χ3v) is 4.59. The summed E-state index contributed by atoms with van der Waals surface area (Å²) < 4.78 is 0. The normalized spacial score (nSPS) is 25.3. The van der Waals surface area contributed by atoms with E-state index in [4.69, 9.17) is 5.11 Å². The lowest BCUT2D eigenvalue weighted by Crippen LogP contribution is -2.48. The van der Waals surface area contributed by atoms with Crippen molar-refractivity contribution < 1.29 is 14.7 Å². The molecular formula is C15H26N2O3. The molecule has 5 heteroatoms. The van der Waals surface area contributed by atoms with Crippen LogP contribution in [0.1, 0.15) is 64.2 Å². The lowest BCUT2D eigenvalue weighted by molar-refractivity contribution is -0.139. The SMILES string of the molecule is O=C(O)CC1(NC(=O)CCC2CCCCN2)CCCC1. The number of carboxylic acids is 1. The Bertz CT molecular complexity index is 345. The zero-order valence-electron chi connectivity index (χ0n) is 12.1. The Morgan fingerprint density at radius 3 is 2.55 bits per heavy atom. The summed E-state index contributed by atoms with van der Waals surface area (Å²) in [4.78, 5) is 23.1. The number of nitrogens with one attached hydrogen (secondary N) is 2. The minimum atomic E-state index is -0.818. The van der Waals surface area contributed by atoms with E-state index in [2.05, 4.69) is 10.6 Å². The zero-order valence-corrected chi connectivity index (χ0v) is 12.1. The minimum Gasteiger partial charge on any atom is -0.481 e. The number of aliphatic carboxylic acids is 1. The number of piperidine rings is 1. The van der Waals surface area contributed by atoms with Crippen LogP contribution in [-0.4, -0.2) is 35.1 Å². The van der Waals surface area contributed by atoms with Gasteiger partial charge in [0.1, 0.15) is 0 Å². The second kappa shape index (κ2) is 7.07. The number of hydrogen-bond donors (Lipinski definition) is 3. The molecule has 1 saturated heterocycles. The third-order valence-electron chi connectivity index (χ3n) is 4.59. The number of amides is 1. The van der Waals surface area contributed by atoms with Crippen molar-refractivity contribution in [1.29, 1.82) is 0 Å². The molecule has 1 aliphatic heterocycles. The van der Waals surface area contributed by atoms with Gasteiger partial charge in [-0.1, -0.05) is 19.3 Å². The lowest BCUT2D eigenvalue weighted by Gasteiger charge is -2.29. The van der Waals surface area contributed by atoms with Gasteiger partial charge >= 0.3 is 5.97 Å². The molecule has 0 bridgehead atoms. The third kappa shape index (κ3) is 4.47. The first-order valence-electron chi connectivity index (χ1n) is 7.86. The predicted octanol–water partition coefficient (Wildman–Crippen LogP) is 1.81. The number of hydrogen-bond acceptors (Lipinski definition) is 3. The van der Waals surface area contributed by atoms with Crippen molar-refractivity contribution >= 4 is 11.9 Å². The molecule has 3 N–H and O–H groups in total. The molecule has 2 rings (SSSR count). The molecule has 0 radical (unpaired) electrons. The van der Waals surface area contributed by atoms with Gasteiger partial charge in [-0.05, 0) is 38.6 Å². The van der Waals surface area contributed by atoms with Gasteiger partial charge in [0.25, 0.3) is 0 Å². The summed E-state index contributed by atoms with van der Waals surface area (Å²) in [6.07, 6.45) is 8.64. The summed E-state index contributed by atoms with van der Waals surface area (Å²) in [6.45, 7) is 1.05. The highest BCUT2D eigenvalue weighted by atomic mass is 16.4. The molecular weight excluding hydrogens is 256 g/mol. The van der Waals surface area contributed by atoms with E-state index in [-0.39, 0.29) is 12.3 Å². The molecule has 1 amide bonds. The fraction of sp³-hybridized carbons (Fsp3) is 0.867. The molecule has 114 valence electrons. The average molecular weight is 282 g/mol.